The summed E-state index contributed by atoms with van der Waals surface area (Å²) in [5, 5.41) is 0. The van der Waals surface area contributed by atoms with Gasteiger partial charge in [-0.15, -0.1) is 0 Å². The first-order valence-corrected chi connectivity index (χ1v) is 5.74. The second-order valence-corrected chi connectivity index (χ2v) is 4.41. The highest BCUT2D eigenvalue weighted by atomic mass is 79.9. The van der Waals surface area contributed by atoms with Crippen LogP contribution in [0.1, 0.15) is 5.56 Å². The fourth-order valence-electron chi connectivity index (χ4n) is 1.37. The van der Waals surface area contributed by atoms with Gasteiger partial charge in [-0.05, 0) is 46.6 Å². The molecule has 0 atom stereocenters. The Kier molecular flexibility index (Phi) is 3.15. The van der Waals surface area contributed by atoms with Gasteiger partial charge in [0.25, 0.3) is 0 Å². The molecule has 0 unspecified atom stereocenters. The lowest BCUT2D eigenvalue weighted by molar-refractivity contribution is 0.476. The lowest BCUT2D eigenvalue weighted by Crippen LogP contribution is -1.91. The number of ether oxygens (including phenoxy) is 1. The Hall–Kier alpha value is -1.48. The average Bonchev–Trinajstić information content (AvgIpc) is 2.27. The number of hydrogen-bond donors (Lipinski definition) is 1. The monoisotopic (exact) mass is 277 g/mol. The second-order valence-electron chi connectivity index (χ2n) is 3.56. The smallest absolute Gasteiger partial charge is 0.141 e. The number of rotatable bonds is 2. The summed E-state index contributed by atoms with van der Waals surface area (Å²) in [5.74, 6) is 1.57. The molecule has 0 saturated carbocycles. The molecule has 3 heteroatoms. The average molecular weight is 278 g/mol. The quantitative estimate of drug-likeness (QED) is 0.838. The predicted molar refractivity (Wildman–Crippen MR) is 69.8 cm³/mol. The van der Waals surface area contributed by atoms with Gasteiger partial charge in [-0.25, -0.2) is 0 Å². The van der Waals surface area contributed by atoms with Crippen LogP contribution in [0.3, 0.4) is 0 Å². The molecular formula is C13H12BrNO. The van der Waals surface area contributed by atoms with E-state index in [-0.39, 0.29) is 0 Å². The van der Waals surface area contributed by atoms with Crippen LogP contribution in [0, 0.1) is 6.92 Å². The molecule has 0 bridgehead atoms. The van der Waals surface area contributed by atoms with Crippen molar-refractivity contribution < 1.29 is 4.74 Å². The summed E-state index contributed by atoms with van der Waals surface area (Å²) in [4.78, 5) is 0. The highest BCUT2D eigenvalue weighted by Gasteiger charge is 2.04. The highest BCUT2D eigenvalue weighted by molar-refractivity contribution is 9.10. The molecule has 0 aliphatic carbocycles. The molecule has 0 spiro atoms. The third-order valence-electron chi connectivity index (χ3n) is 2.27. The van der Waals surface area contributed by atoms with E-state index >= 15 is 0 Å². The Morgan fingerprint density at radius 3 is 2.56 bits per heavy atom. The van der Waals surface area contributed by atoms with Crippen molar-refractivity contribution in [3.63, 3.8) is 0 Å². The lowest BCUT2D eigenvalue weighted by atomic mass is 10.2. The molecule has 0 fully saturated rings. The van der Waals surface area contributed by atoms with Crippen molar-refractivity contribution in [2.75, 3.05) is 5.73 Å². The Bertz CT molecular complexity index is 511. The largest absolute Gasteiger partial charge is 0.456 e. The van der Waals surface area contributed by atoms with Gasteiger partial charge >= 0.3 is 0 Å². The molecule has 0 amide bonds. The van der Waals surface area contributed by atoms with Crippen molar-refractivity contribution in [3.8, 4) is 11.5 Å². The van der Waals surface area contributed by atoms with Crippen molar-refractivity contribution in [1.29, 1.82) is 0 Å². The Balaban J connectivity index is 2.34. The number of halogens is 1. The predicted octanol–water partition coefficient (Wildman–Crippen LogP) is 4.13. The molecule has 0 aliphatic rings. The summed E-state index contributed by atoms with van der Waals surface area (Å²) < 4.78 is 6.72. The summed E-state index contributed by atoms with van der Waals surface area (Å²) in [6.45, 7) is 1.99. The van der Waals surface area contributed by atoms with E-state index < -0.39 is 0 Å². The molecule has 0 aromatic heterocycles. The molecule has 2 rings (SSSR count). The van der Waals surface area contributed by atoms with E-state index in [2.05, 4.69) is 15.9 Å². The number of aryl methyl sites for hydroxylation is 1. The molecule has 0 saturated heterocycles. The summed E-state index contributed by atoms with van der Waals surface area (Å²) in [7, 11) is 0. The minimum absolute atomic E-state index is 0.702. The maximum absolute atomic E-state index is 5.79. The van der Waals surface area contributed by atoms with Gasteiger partial charge in [0, 0.05) is 11.8 Å². The van der Waals surface area contributed by atoms with E-state index in [4.69, 9.17) is 10.5 Å². The van der Waals surface area contributed by atoms with Crippen LogP contribution in [0.15, 0.2) is 46.9 Å². The van der Waals surface area contributed by atoms with E-state index in [1.54, 1.807) is 0 Å². The molecule has 2 N–H and O–H groups in total. The molecule has 2 aromatic rings. The van der Waals surface area contributed by atoms with Gasteiger partial charge in [0.1, 0.15) is 11.5 Å². The fourth-order valence-corrected chi connectivity index (χ4v) is 1.74. The maximum atomic E-state index is 5.79. The molecule has 2 aromatic carbocycles. The third-order valence-corrected chi connectivity index (χ3v) is 2.92. The molecule has 82 valence electrons. The topological polar surface area (TPSA) is 35.2 Å². The lowest BCUT2D eigenvalue weighted by Gasteiger charge is -2.10. The zero-order valence-corrected chi connectivity index (χ0v) is 10.5. The molecule has 2 nitrogen and oxygen atoms in total. The van der Waals surface area contributed by atoms with E-state index in [0.717, 1.165) is 21.5 Å². The summed E-state index contributed by atoms with van der Waals surface area (Å²) in [6.07, 6.45) is 0. The number of para-hydroxylation sites is 1. The first-order valence-electron chi connectivity index (χ1n) is 4.95. The number of nitrogen functional groups attached to an aromatic ring is 1. The molecular weight excluding hydrogens is 266 g/mol. The first kappa shape index (κ1) is 11.0. The van der Waals surface area contributed by atoms with Gasteiger partial charge in [0.15, 0.2) is 0 Å². The van der Waals surface area contributed by atoms with E-state index in [1.165, 1.54) is 0 Å². The molecule has 0 heterocycles. The molecule has 16 heavy (non-hydrogen) atoms. The van der Waals surface area contributed by atoms with Crippen LogP contribution in [0.25, 0.3) is 0 Å². The van der Waals surface area contributed by atoms with Crippen molar-refractivity contribution >= 4 is 21.6 Å². The van der Waals surface area contributed by atoms with Crippen LogP contribution in [0.4, 0.5) is 5.69 Å². The highest BCUT2D eigenvalue weighted by Crippen LogP contribution is 2.31. The summed E-state index contributed by atoms with van der Waals surface area (Å²) in [6, 6.07) is 13.4. The minimum atomic E-state index is 0.702. The van der Waals surface area contributed by atoms with Gasteiger partial charge in [-0.1, -0.05) is 18.2 Å². The van der Waals surface area contributed by atoms with Crippen molar-refractivity contribution in [2.24, 2.45) is 0 Å². The van der Waals surface area contributed by atoms with E-state index in [1.807, 2.05) is 49.4 Å². The van der Waals surface area contributed by atoms with Crippen LogP contribution >= 0.6 is 15.9 Å². The zero-order chi connectivity index (χ0) is 11.5. The van der Waals surface area contributed by atoms with Gasteiger partial charge < -0.3 is 10.5 Å². The normalized spacial score (nSPS) is 10.1. The molecule has 0 aliphatic heterocycles. The Morgan fingerprint density at radius 2 is 1.81 bits per heavy atom. The van der Waals surface area contributed by atoms with Crippen molar-refractivity contribution in [1.82, 2.24) is 0 Å². The summed E-state index contributed by atoms with van der Waals surface area (Å²) in [5.41, 5.74) is 7.49. The van der Waals surface area contributed by atoms with E-state index in [9.17, 15) is 0 Å². The Labute approximate surface area is 103 Å². The SMILES string of the molecule is Cc1ccc(N)cc1Oc1ccccc1Br. The van der Waals surface area contributed by atoms with Gasteiger partial charge in [-0.3, -0.25) is 0 Å². The van der Waals surface area contributed by atoms with Crippen LogP contribution in [-0.4, -0.2) is 0 Å². The molecule has 0 radical (unpaired) electrons. The van der Waals surface area contributed by atoms with Gasteiger partial charge in [-0.2, -0.15) is 0 Å². The van der Waals surface area contributed by atoms with Crippen LogP contribution in [0.2, 0.25) is 0 Å². The number of nitrogens with two attached hydrogens (primary N) is 1. The third kappa shape index (κ3) is 2.36. The van der Waals surface area contributed by atoms with Gasteiger partial charge in [0.2, 0.25) is 0 Å². The number of hydrogen-bond acceptors (Lipinski definition) is 2. The summed E-state index contributed by atoms with van der Waals surface area (Å²) >= 11 is 3.44. The minimum Gasteiger partial charge on any atom is -0.456 e. The Morgan fingerprint density at radius 1 is 1.06 bits per heavy atom. The fraction of sp³-hybridized carbons (Fsp3) is 0.0769. The van der Waals surface area contributed by atoms with Crippen LogP contribution < -0.4 is 10.5 Å². The maximum Gasteiger partial charge on any atom is 0.141 e. The number of benzene rings is 2. The van der Waals surface area contributed by atoms with Crippen molar-refractivity contribution in [3.05, 3.63) is 52.5 Å². The number of anilines is 1. The standard InChI is InChI=1S/C13H12BrNO/c1-9-6-7-10(15)8-13(9)16-12-5-3-2-4-11(12)14/h2-8H,15H2,1H3. The first-order chi connectivity index (χ1) is 7.66. The zero-order valence-electron chi connectivity index (χ0n) is 8.91. The van der Waals surface area contributed by atoms with E-state index in [0.29, 0.717) is 5.69 Å². The second kappa shape index (κ2) is 4.58. The van der Waals surface area contributed by atoms with Crippen LogP contribution in [-0.2, 0) is 0 Å². The van der Waals surface area contributed by atoms with Gasteiger partial charge in [0.05, 0.1) is 4.47 Å². The van der Waals surface area contributed by atoms with Crippen molar-refractivity contribution in [2.45, 2.75) is 6.92 Å². The van der Waals surface area contributed by atoms with Crippen LogP contribution in [0.5, 0.6) is 11.5 Å².